The van der Waals surface area contributed by atoms with E-state index in [1.165, 1.54) is 19.2 Å². The Labute approximate surface area is 160 Å². The van der Waals surface area contributed by atoms with Crippen molar-refractivity contribution in [3.63, 3.8) is 0 Å². The average molecular weight is 385 g/mol. The molecule has 2 aromatic rings. The van der Waals surface area contributed by atoms with Crippen molar-refractivity contribution in [1.29, 1.82) is 0 Å². The number of hydrogen-bond acceptors (Lipinski definition) is 7. The number of fused-ring (bicyclic) bond motifs is 1. The van der Waals surface area contributed by atoms with Crippen LogP contribution in [-0.2, 0) is 10.4 Å². The SMILES string of the molecule is COc1ccc(/C(C[C@@]2(O)C(=O)Nc3ccccc32)=N\NC(=O)NN)cc1O. The van der Waals surface area contributed by atoms with Gasteiger partial charge in [0.25, 0.3) is 5.91 Å². The van der Waals surface area contributed by atoms with Crippen LogP contribution < -0.4 is 26.7 Å². The Kier molecular flexibility index (Phi) is 5.16. The van der Waals surface area contributed by atoms with Crippen molar-refractivity contribution in [2.24, 2.45) is 10.9 Å². The van der Waals surface area contributed by atoms with Gasteiger partial charge in [-0.15, -0.1) is 0 Å². The fraction of sp³-hybridized carbons (Fsp3) is 0.167. The van der Waals surface area contributed by atoms with E-state index in [0.717, 1.165) is 0 Å². The van der Waals surface area contributed by atoms with Gasteiger partial charge in [-0.2, -0.15) is 5.10 Å². The molecule has 1 aliphatic heterocycles. The van der Waals surface area contributed by atoms with E-state index >= 15 is 0 Å². The second-order valence-electron chi connectivity index (χ2n) is 6.07. The van der Waals surface area contributed by atoms with Crippen molar-refractivity contribution >= 4 is 23.3 Å². The molecule has 0 bridgehead atoms. The maximum atomic E-state index is 12.5. The number of phenols is 1. The molecule has 0 spiro atoms. The van der Waals surface area contributed by atoms with Crippen LogP contribution in [0.4, 0.5) is 10.5 Å². The van der Waals surface area contributed by atoms with Gasteiger partial charge in [0.15, 0.2) is 17.1 Å². The van der Waals surface area contributed by atoms with Crippen LogP contribution in [0.5, 0.6) is 11.5 Å². The minimum Gasteiger partial charge on any atom is -0.504 e. The zero-order valence-corrected chi connectivity index (χ0v) is 14.9. The molecule has 0 unspecified atom stereocenters. The van der Waals surface area contributed by atoms with Crippen LogP contribution >= 0.6 is 0 Å². The van der Waals surface area contributed by atoms with E-state index in [1.807, 2.05) is 5.43 Å². The number of para-hydroxylation sites is 1. The van der Waals surface area contributed by atoms with E-state index in [9.17, 15) is 19.8 Å². The van der Waals surface area contributed by atoms with Crippen LogP contribution in [0.2, 0.25) is 0 Å². The molecule has 3 amide bonds. The molecule has 146 valence electrons. The van der Waals surface area contributed by atoms with E-state index in [4.69, 9.17) is 10.6 Å². The minimum atomic E-state index is -1.91. The number of nitrogens with one attached hydrogen (secondary N) is 3. The third-order valence-electron chi connectivity index (χ3n) is 4.36. The largest absolute Gasteiger partial charge is 0.504 e. The first kappa shape index (κ1) is 19.1. The zero-order valence-electron chi connectivity index (χ0n) is 14.9. The number of urea groups is 1. The van der Waals surface area contributed by atoms with Crippen molar-refractivity contribution < 1.29 is 24.5 Å². The van der Waals surface area contributed by atoms with E-state index in [2.05, 4.69) is 15.8 Å². The van der Waals surface area contributed by atoms with Gasteiger partial charge in [0, 0.05) is 23.2 Å². The summed E-state index contributed by atoms with van der Waals surface area (Å²) < 4.78 is 5.01. The van der Waals surface area contributed by atoms with Crippen molar-refractivity contribution in [3.8, 4) is 11.5 Å². The van der Waals surface area contributed by atoms with Crippen LogP contribution in [0.3, 0.4) is 0 Å². The predicted molar refractivity (Wildman–Crippen MR) is 101 cm³/mol. The first-order valence-corrected chi connectivity index (χ1v) is 8.23. The highest BCUT2D eigenvalue weighted by Crippen LogP contribution is 2.39. The minimum absolute atomic E-state index is 0.135. The molecule has 7 N–H and O–H groups in total. The molecule has 3 rings (SSSR count). The lowest BCUT2D eigenvalue weighted by molar-refractivity contribution is -0.132. The number of hydrazone groups is 1. The molecule has 10 nitrogen and oxygen atoms in total. The maximum Gasteiger partial charge on any atom is 0.349 e. The molecule has 2 aromatic carbocycles. The number of ether oxygens (including phenoxy) is 1. The van der Waals surface area contributed by atoms with E-state index in [1.54, 1.807) is 30.3 Å². The Morgan fingerprint density at radius 1 is 1.32 bits per heavy atom. The van der Waals surface area contributed by atoms with Gasteiger partial charge in [0.05, 0.1) is 12.8 Å². The molecular formula is C18H19N5O5. The molecule has 0 radical (unpaired) electrons. The smallest absolute Gasteiger partial charge is 0.349 e. The Balaban J connectivity index is 2.02. The molecule has 10 heteroatoms. The van der Waals surface area contributed by atoms with Gasteiger partial charge in [-0.25, -0.2) is 16.1 Å². The van der Waals surface area contributed by atoms with Crippen LogP contribution in [-0.4, -0.2) is 35.0 Å². The molecule has 28 heavy (non-hydrogen) atoms. The number of amides is 3. The molecule has 0 aliphatic carbocycles. The molecule has 0 fully saturated rings. The lowest BCUT2D eigenvalue weighted by Crippen LogP contribution is -2.40. The molecule has 0 saturated heterocycles. The lowest BCUT2D eigenvalue weighted by atomic mass is 9.87. The first-order chi connectivity index (χ1) is 13.4. The number of hydrazine groups is 1. The second-order valence-corrected chi connectivity index (χ2v) is 6.07. The van der Waals surface area contributed by atoms with Crippen LogP contribution in [0.1, 0.15) is 17.5 Å². The summed E-state index contributed by atoms with van der Waals surface area (Å²) in [4.78, 5) is 23.9. The zero-order chi connectivity index (χ0) is 20.3. The number of hydrogen-bond donors (Lipinski definition) is 6. The highest BCUT2D eigenvalue weighted by Gasteiger charge is 2.46. The van der Waals surface area contributed by atoms with E-state index in [0.29, 0.717) is 16.8 Å². The predicted octanol–water partition coefficient (Wildman–Crippen LogP) is 0.508. The Bertz CT molecular complexity index is 961. The van der Waals surface area contributed by atoms with Crippen LogP contribution in [0.15, 0.2) is 47.6 Å². The van der Waals surface area contributed by atoms with Crippen molar-refractivity contribution in [1.82, 2.24) is 10.9 Å². The van der Waals surface area contributed by atoms with E-state index < -0.39 is 17.5 Å². The number of aliphatic hydroxyl groups is 1. The average Bonchev–Trinajstić information content (AvgIpc) is 2.95. The number of carbonyl (C=O) groups is 2. The maximum absolute atomic E-state index is 12.5. The first-order valence-electron chi connectivity index (χ1n) is 8.23. The van der Waals surface area contributed by atoms with Crippen molar-refractivity contribution in [3.05, 3.63) is 53.6 Å². The van der Waals surface area contributed by atoms with Gasteiger partial charge in [-0.05, 0) is 24.3 Å². The molecule has 0 aromatic heterocycles. The normalized spacial score (nSPS) is 18.2. The lowest BCUT2D eigenvalue weighted by Gasteiger charge is -2.22. The van der Waals surface area contributed by atoms with Crippen LogP contribution in [0, 0.1) is 0 Å². The third-order valence-corrected chi connectivity index (χ3v) is 4.36. The molecular weight excluding hydrogens is 366 g/mol. The number of anilines is 1. The number of carbonyl (C=O) groups excluding carboxylic acids is 2. The molecule has 0 saturated carbocycles. The van der Waals surface area contributed by atoms with Gasteiger partial charge >= 0.3 is 6.03 Å². The fourth-order valence-corrected chi connectivity index (χ4v) is 2.94. The van der Waals surface area contributed by atoms with Crippen LogP contribution in [0.25, 0.3) is 0 Å². The Hall–Kier alpha value is -3.63. The number of nitrogens with zero attached hydrogens (tertiary/aromatic N) is 1. The summed E-state index contributed by atoms with van der Waals surface area (Å²) in [7, 11) is 1.40. The summed E-state index contributed by atoms with van der Waals surface area (Å²) in [5.74, 6) is 4.48. The molecule has 1 aliphatic rings. The quantitative estimate of drug-likeness (QED) is 0.190. The van der Waals surface area contributed by atoms with Gasteiger partial charge in [-0.1, -0.05) is 18.2 Å². The number of nitrogens with two attached hydrogens (primary N) is 1. The highest BCUT2D eigenvalue weighted by atomic mass is 16.5. The second kappa shape index (κ2) is 7.55. The van der Waals surface area contributed by atoms with Gasteiger partial charge in [0.1, 0.15) is 0 Å². The highest BCUT2D eigenvalue weighted by molar-refractivity contribution is 6.11. The standard InChI is InChI=1S/C18H19N5O5/c1-28-15-7-6-10(8-14(15)24)13(22-23-17(26)21-19)9-18(27)11-4-2-3-5-12(11)20-16(18)25/h2-8,24,27H,9,19H2,1H3,(H,20,25)(H2,21,23,26)/b22-13-/t18-/m0/s1. The molecule has 1 atom stereocenters. The number of aromatic hydroxyl groups is 1. The van der Waals surface area contributed by atoms with Gasteiger partial charge in [0.2, 0.25) is 0 Å². The Morgan fingerprint density at radius 2 is 2.07 bits per heavy atom. The van der Waals surface area contributed by atoms with Crippen molar-refractivity contribution in [2.45, 2.75) is 12.0 Å². The Morgan fingerprint density at radius 3 is 2.75 bits per heavy atom. The number of phenolic OH excluding ortho intramolecular Hbond substituents is 1. The monoisotopic (exact) mass is 385 g/mol. The van der Waals surface area contributed by atoms with Gasteiger partial charge < -0.3 is 20.3 Å². The third kappa shape index (κ3) is 3.46. The summed E-state index contributed by atoms with van der Waals surface area (Å²) in [6.45, 7) is 0. The topological polar surface area (TPSA) is 158 Å². The number of methoxy groups -OCH3 is 1. The summed E-state index contributed by atoms with van der Waals surface area (Å²) in [5, 5.41) is 27.7. The van der Waals surface area contributed by atoms with Gasteiger partial charge in [-0.3, -0.25) is 10.2 Å². The fourth-order valence-electron chi connectivity index (χ4n) is 2.94. The summed E-state index contributed by atoms with van der Waals surface area (Å²) in [6.07, 6.45) is -0.271. The molecule has 1 heterocycles. The summed E-state index contributed by atoms with van der Waals surface area (Å²) >= 11 is 0. The summed E-state index contributed by atoms with van der Waals surface area (Å²) in [6, 6.07) is 10.3. The number of benzene rings is 2. The van der Waals surface area contributed by atoms with Crippen molar-refractivity contribution in [2.75, 3.05) is 12.4 Å². The van der Waals surface area contributed by atoms with E-state index in [-0.39, 0.29) is 23.6 Å². The number of rotatable bonds is 5. The summed E-state index contributed by atoms with van der Waals surface area (Å²) in [5.41, 5.74) is 3.48.